The van der Waals surface area contributed by atoms with Gasteiger partial charge >= 0.3 is 5.97 Å². The monoisotopic (exact) mass is 442 g/mol. The van der Waals surface area contributed by atoms with Gasteiger partial charge in [0.25, 0.3) is 0 Å². The van der Waals surface area contributed by atoms with Gasteiger partial charge in [0.1, 0.15) is 12.2 Å². The predicted molar refractivity (Wildman–Crippen MR) is 129 cm³/mol. The van der Waals surface area contributed by atoms with Crippen LogP contribution >= 0.6 is 0 Å². The van der Waals surface area contributed by atoms with Gasteiger partial charge < -0.3 is 13.9 Å². The summed E-state index contributed by atoms with van der Waals surface area (Å²) in [5.74, 6) is 0.193. The van der Waals surface area contributed by atoms with Gasteiger partial charge in [-0.3, -0.25) is 4.79 Å². The van der Waals surface area contributed by atoms with Gasteiger partial charge in [0, 0.05) is 5.56 Å². The van der Waals surface area contributed by atoms with Crippen molar-refractivity contribution in [2.45, 2.75) is 40.4 Å². The van der Waals surface area contributed by atoms with Gasteiger partial charge in [-0.15, -0.1) is 0 Å². The highest BCUT2D eigenvalue weighted by molar-refractivity contribution is 5.89. The highest BCUT2D eigenvalue weighted by Crippen LogP contribution is 2.32. The average molecular weight is 443 g/mol. The lowest BCUT2D eigenvalue weighted by Gasteiger charge is -2.13. The number of hydrogen-bond donors (Lipinski definition) is 0. The molecule has 33 heavy (non-hydrogen) atoms. The Morgan fingerprint density at radius 3 is 2.24 bits per heavy atom. The molecule has 0 N–H and O–H groups in total. The van der Waals surface area contributed by atoms with Gasteiger partial charge in [-0.25, -0.2) is 4.79 Å². The van der Waals surface area contributed by atoms with Gasteiger partial charge in [-0.2, -0.15) is 0 Å². The van der Waals surface area contributed by atoms with E-state index in [4.69, 9.17) is 13.9 Å². The lowest BCUT2D eigenvalue weighted by molar-refractivity contribution is 0.0378. The summed E-state index contributed by atoms with van der Waals surface area (Å²) in [6.07, 6.45) is -0.184. The zero-order valence-corrected chi connectivity index (χ0v) is 19.2. The number of esters is 1. The van der Waals surface area contributed by atoms with Crippen molar-refractivity contribution in [3.63, 3.8) is 0 Å². The summed E-state index contributed by atoms with van der Waals surface area (Å²) < 4.78 is 17.4. The van der Waals surface area contributed by atoms with E-state index < -0.39 is 0 Å². The summed E-state index contributed by atoms with van der Waals surface area (Å²) in [6, 6.07) is 20.2. The van der Waals surface area contributed by atoms with Crippen molar-refractivity contribution in [1.82, 2.24) is 0 Å². The summed E-state index contributed by atoms with van der Waals surface area (Å²) in [5, 5.41) is 0.479. The topological polar surface area (TPSA) is 65.7 Å². The molecule has 0 aliphatic carbocycles. The first-order valence-electron chi connectivity index (χ1n) is 10.9. The largest absolute Gasteiger partial charge is 0.481 e. The molecule has 0 bridgehead atoms. The second-order valence-electron chi connectivity index (χ2n) is 8.39. The fraction of sp³-hybridized carbons (Fsp3) is 0.214. The number of aryl methyl sites for hydroxylation is 2. The van der Waals surface area contributed by atoms with Crippen LogP contribution in [0.15, 0.2) is 75.9 Å². The van der Waals surface area contributed by atoms with E-state index in [0.29, 0.717) is 22.3 Å². The quantitative estimate of drug-likeness (QED) is 0.332. The van der Waals surface area contributed by atoms with Gasteiger partial charge in [0.2, 0.25) is 11.2 Å². The van der Waals surface area contributed by atoms with Gasteiger partial charge in [0.05, 0.1) is 17.1 Å². The molecule has 0 unspecified atom stereocenters. The fourth-order valence-electron chi connectivity index (χ4n) is 3.49. The number of fused-ring (bicyclic) bond motifs is 1. The summed E-state index contributed by atoms with van der Waals surface area (Å²) in [6.45, 7) is 7.70. The smallest absolute Gasteiger partial charge is 0.338 e. The lowest BCUT2D eigenvalue weighted by atomic mass is 10.1. The highest BCUT2D eigenvalue weighted by atomic mass is 16.5. The van der Waals surface area contributed by atoms with Crippen molar-refractivity contribution in [3.05, 3.63) is 99.2 Å². The zero-order chi connectivity index (χ0) is 23.5. The highest BCUT2D eigenvalue weighted by Gasteiger charge is 2.18. The van der Waals surface area contributed by atoms with E-state index in [1.165, 1.54) is 0 Å². The first kappa shape index (κ1) is 22.3. The van der Waals surface area contributed by atoms with Crippen LogP contribution in [0.1, 0.15) is 40.9 Å². The van der Waals surface area contributed by atoms with Crippen molar-refractivity contribution in [3.8, 4) is 17.1 Å². The average Bonchev–Trinajstić information content (AvgIpc) is 2.79. The maximum Gasteiger partial charge on any atom is 0.338 e. The minimum atomic E-state index is -0.371. The molecule has 1 heterocycles. The SMILES string of the molecule is Cc1ccc(-c2oc3ccc(C)cc3c(=O)c2OCc2ccc(C(=O)OC(C)C)cc2)cc1. The van der Waals surface area contributed by atoms with Crippen molar-refractivity contribution < 1.29 is 18.7 Å². The van der Waals surface area contributed by atoms with Crippen molar-refractivity contribution in [1.29, 1.82) is 0 Å². The van der Waals surface area contributed by atoms with Gasteiger partial charge in [-0.1, -0.05) is 53.6 Å². The molecule has 5 nitrogen and oxygen atoms in total. The minimum absolute atomic E-state index is 0.153. The molecule has 0 aliphatic rings. The summed E-state index contributed by atoms with van der Waals surface area (Å²) in [7, 11) is 0. The van der Waals surface area contributed by atoms with Crippen LogP contribution in [-0.2, 0) is 11.3 Å². The molecule has 1 aromatic heterocycles. The second kappa shape index (κ2) is 9.33. The van der Waals surface area contributed by atoms with E-state index in [1.54, 1.807) is 24.3 Å². The standard InChI is InChI=1S/C28H26O5/c1-17(2)32-28(30)22-12-8-20(9-13-22)16-31-27-25(29)23-15-19(4)7-14-24(23)33-26(27)21-10-5-18(3)6-11-21/h5-15,17H,16H2,1-4H3. The Labute approximate surface area is 192 Å². The zero-order valence-electron chi connectivity index (χ0n) is 19.2. The third kappa shape index (κ3) is 4.98. The van der Waals surface area contributed by atoms with Crippen LogP contribution in [0.25, 0.3) is 22.3 Å². The van der Waals surface area contributed by atoms with Crippen LogP contribution in [0.5, 0.6) is 5.75 Å². The molecule has 4 aromatic rings. The number of ether oxygens (including phenoxy) is 2. The number of rotatable bonds is 6. The molecule has 0 saturated carbocycles. The van der Waals surface area contributed by atoms with Crippen LogP contribution < -0.4 is 10.2 Å². The Kier molecular flexibility index (Phi) is 6.31. The van der Waals surface area contributed by atoms with Crippen LogP contribution in [0.4, 0.5) is 0 Å². The Morgan fingerprint density at radius 1 is 0.909 bits per heavy atom. The van der Waals surface area contributed by atoms with E-state index in [-0.39, 0.29) is 29.9 Å². The maximum absolute atomic E-state index is 13.4. The molecule has 0 spiro atoms. The molecule has 0 aliphatic heterocycles. The third-order valence-electron chi connectivity index (χ3n) is 5.23. The van der Waals surface area contributed by atoms with E-state index in [9.17, 15) is 9.59 Å². The van der Waals surface area contributed by atoms with Crippen LogP contribution in [0.2, 0.25) is 0 Å². The molecule has 0 saturated heterocycles. The molecule has 0 atom stereocenters. The van der Waals surface area contributed by atoms with E-state index in [0.717, 1.165) is 22.3 Å². The van der Waals surface area contributed by atoms with Gasteiger partial charge in [-0.05, 0) is 57.5 Å². The third-order valence-corrected chi connectivity index (χ3v) is 5.23. The maximum atomic E-state index is 13.4. The number of hydrogen-bond acceptors (Lipinski definition) is 5. The summed E-state index contributed by atoms with van der Waals surface area (Å²) in [4.78, 5) is 25.4. The Hall–Kier alpha value is -3.86. The molecule has 0 radical (unpaired) electrons. The molecule has 0 fully saturated rings. The lowest BCUT2D eigenvalue weighted by Crippen LogP contribution is -2.12. The Morgan fingerprint density at radius 2 is 1.58 bits per heavy atom. The molecule has 4 rings (SSSR count). The first-order valence-corrected chi connectivity index (χ1v) is 10.9. The predicted octanol–water partition coefficient (Wildman–Crippen LogP) is 6.22. The second-order valence-corrected chi connectivity index (χ2v) is 8.39. The Balaban J connectivity index is 1.68. The Bertz CT molecular complexity index is 1350. The van der Waals surface area contributed by atoms with E-state index in [1.807, 2.05) is 70.2 Å². The fourth-order valence-corrected chi connectivity index (χ4v) is 3.49. The van der Waals surface area contributed by atoms with Crippen molar-refractivity contribution >= 4 is 16.9 Å². The molecular formula is C28H26O5. The van der Waals surface area contributed by atoms with Crippen LogP contribution in [0.3, 0.4) is 0 Å². The molecule has 0 amide bonds. The number of carbonyl (C=O) groups excluding carboxylic acids is 1. The molecule has 3 aromatic carbocycles. The normalized spacial score (nSPS) is 11.1. The van der Waals surface area contributed by atoms with Crippen molar-refractivity contribution in [2.24, 2.45) is 0 Å². The molecular weight excluding hydrogens is 416 g/mol. The van der Waals surface area contributed by atoms with Crippen LogP contribution in [-0.4, -0.2) is 12.1 Å². The minimum Gasteiger partial charge on any atom is -0.481 e. The van der Waals surface area contributed by atoms with Crippen molar-refractivity contribution in [2.75, 3.05) is 0 Å². The van der Waals surface area contributed by atoms with Crippen LogP contribution in [0, 0.1) is 13.8 Å². The number of carbonyl (C=O) groups is 1. The van der Waals surface area contributed by atoms with E-state index in [2.05, 4.69) is 0 Å². The summed E-state index contributed by atoms with van der Waals surface area (Å²) >= 11 is 0. The van der Waals surface area contributed by atoms with Gasteiger partial charge in [0.15, 0.2) is 5.76 Å². The first-order chi connectivity index (χ1) is 15.8. The van der Waals surface area contributed by atoms with E-state index >= 15 is 0 Å². The molecule has 5 heteroatoms. The molecule has 168 valence electrons. The summed E-state index contributed by atoms with van der Waals surface area (Å²) in [5.41, 5.74) is 4.42. The number of benzene rings is 3.